The minimum absolute atomic E-state index is 0.130. The van der Waals surface area contributed by atoms with E-state index in [-0.39, 0.29) is 11.5 Å². The van der Waals surface area contributed by atoms with Crippen molar-refractivity contribution in [3.8, 4) is 0 Å². The van der Waals surface area contributed by atoms with Crippen molar-refractivity contribution < 1.29 is 22.5 Å². The maximum absolute atomic E-state index is 12.4. The van der Waals surface area contributed by atoms with Gasteiger partial charge in [-0.1, -0.05) is 54.6 Å². The van der Waals surface area contributed by atoms with Gasteiger partial charge in [0.1, 0.15) is 11.5 Å². The van der Waals surface area contributed by atoms with Gasteiger partial charge in [0.05, 0.1) is 5.69 Å². The molecule has 0 aliphatic carbocycles. The van der Waals surface area contributed by atoms with E-state index in [0.29, 0.717) is 16.5 Å². The fourth-order valence-electron chi connectivity index (χ4n) is 2.70. The molecule has 1 N–H and O–H groups in total. The molecule has 134 valence electrons. The second-order valence-electron chi connectivity index (χ2n) is 5.70. The quantitative estimate of drug-likeness (QED) is 0.704. The number of fused-ring (bicyclic) bond motifs is 1. The van der Waals surface area contributed by atoms with Gasteiger partial charge in [-0.05, 0) is 17.7 Å². The summed E-state index contributed by atoms with van der Waals surface area (Å²) in [4.78, 5) is 13.5. The largest absolute Gasteiger partial charge is 0.444 e. The van der Waals surface area contributed by atoms with Crippen LogP contribution in [0, 0.1) is 0 Å². The zero-order valence-corrected chi connectivity index (χ0v) is 14.8. The summed E-state index contributed by atoms with van der Waals surface area (Å²) in [6, 6.07) is 18.7. The van der Waals surface area contributed by atoms with E-state index < -0.39 is 16.2 Å². The van der Waals surface area contributed by atoms with Crippen molar-refractivity contribution in [1.82, 2.24) is 0 Å². The Morgan fingerprint density at radius 2 is 1.62 bits per heavy atom. The number of hydrogen-bond acceptors (Lipinski definition) is 4. The fraction of sp³-hybridized carbons (Fsp3) is 0.105. The number of hydrogen-bond donors (Lipinski definition) is 1. The molecule has 0 heterocycles. The lowest BCUT2D eigenvalue weighted by atomic mass is 10.1. The minimum Gasteiger partial charge on any atom is -0.444 e. The molecule has 0 saturated carbocycles. The number of rotatable bonds is 4. The molecule has 1 amide bonds. The van der Waals surface area contributed by atoms with Crippen LogP contribution in [0.5, 0.6) is 0 Å². The molecule has 3 aromatic rings. The van der Waals surface area contributed by atoms with Gasteiger partial charge in [0.15, 0.2) is 0 Å². The first kappa shape index (κ1) is 17.9. The van der Waals surface area contributed by atoms with Gasteiger partial charge in [0.2, 0.25) is 0 Å². The molecule has 3 rings (SSSR count). The topological polar surface area (TPSA) is 83.9 Å². The van der Waals surface area contributed by atoms with Gasteiger partial charge in [0.25, 0.3) is 10.1 Å². The molecule has 0 aliphatic heterocycles. The molecule has 0 atom stereocenters. The molecule has 6 nitrogen and oxygen atoms in total. The number of benzene rings is 3. The van der Waals surface area contributed by atoms with E-state index >= 15 is 0 Å². The van der Waals surface area contributed by atoms with Crippen LogP contribution < -0.4 is 4.90 Å². The molecule has 0 unspecified atom stereocenters. The van der Waals surface area contributed by atoms with E-state index in [1.807, 2.05) is 30.3 Å². The predicted molar refractivity (Wildman–Crippen MR) is 98.8 cm³/mol. The van der Waals surface area contributed by atoms with Gasteiger partial charge in [-0.3, -0.25) is 9.45 Å². The molecule has 0 bridgehead atoms. The number of anilines is 1. The van der Waals surface area contributed by atoms with Crippen LogP contribution in [0.15, 0.2) is 71.6 Å². The van der Waals surface area contributed by atoms with Gasteiger partial charge < -0.3 is 4.74 Å². The summed E-state index contributed by atoms with van der Waals surface area (Å²) in [6.07, 6.45) is -0.571. The number of carbonyl (C=O) groups is 1. The van der Waals surface area contributed by atoms with Crippen LogP contribution in [0.2, 0.25) is 0 Å². The normalized spacial score (nSPS) is 11.3. The molecule has 26 heavy (non-hydrogen) atoms. The Morgan fingerprint density at radius 3 is 2.31 bits per heavy atom. The third-order valence-corrected chi connectivity index (χ3v) is 4.89. The lowest BCUT2D eigenvalue weighted by Crippen LogP contribution is -2.27. The molecule has 0 spiro atoms. The molecule has 0 fully saturated rings. The second-order valence-corrected chi connectivity index (χ2v) is 7.09. The zero-order valence-electron chi connectivity index (χ0n) is 14.0. The highest BCUT2D eigenvalue weighted by molar-refractivity contribution is 7.86. The van der Waals surface area contributed by atoms with Gasteiger partial charge in [-0.2, -0.15) is 8.42 Å². The van der Waals surface area contributed by atoms with E-state index in [1.54, 1.807) is 31.3 Å². The highest BCUT2D eigenvalue weighted by atomic mass is 32.2. The van der Waals surface area contributed by atoms with Crippen LogP contribution in [-0.4, -0.2) is 26.1 Å². The van der Waals surface area contributed by atoms with E-state index in [2.05, 4.69) is 0 Å². The highest BCUT2D eigenvalue weighted by Crippen LogP contribution is 2.30. The summed E-state index contributed by atoms with van der Waals surface area (Å²) >= 11 is 0. The van der Waals surface area contributed by atoms with E-state index in [1.165, 1.54) is 17.0 Å². The summed E-state index contributed by atoms with van der Waals surface area (Å²) in [5, 5.41) is 0.844. The monoisotopic (exact) mass is 371 g/mol. The third kappa shape index (κ3) is 3.68. The fourth-order valence-corrected chi connectivity index (χ4v) is 3.40. The van der Waals surface area contributed by atoms with Crippen molar-refractivity contribution >= 4 is 32.7 Å². The summed E-state index contributed by atoms with van der Waals surface area (Å²) in [7, 11) is -2.83. The predicted octanol–water partition coefficient (Wildman–Crippen LogP) is 3.86. The van der Waals surface area contributed by atoms with Crippen LogP contribution >= 0.6 is 0 Å². The van der Waals surface area contributed by atoms with Crippen LogP contribution in [0.3, 0.4) is 0 Å². The smallest absolute Gasteiger partial charge is 0.414 e. The Balaban J connectivity index is 1.91. The Kier molecular flexibility index (Phi) is 4.92. The Bertz CT molecular complexity index is 1050. The van der Waals surface area contributed by atoms with Crippen molar-refractivity contribution in [2.45, 2.75) is 11.5 Å². The van der Waals surface area contributed by atoms with Crippen LogP contribution in [0.4, 0.5) is 10.5 Å². The maximum atomic E-state index is 12.4. The zero-order chi connectivity index (χ0) is 18.7. The first-order chi connectivity index (χ1) is 12.4. The van der Waals surface area contributed by atoms with Crippen LogP contribution in [-0.2, 0) is 21.5 Å². The van der Waals surface area contributed by atoms with Gasteiger partial charge >= 0.3 is 6.09 Å². The molecule has 3 aromatic carbocycles. The lowest BCUT2D eigenvalue weighted by molar-refractivity contribution is 0.148. The van der Waals surface area contributed by atoms with Gasteiger partial charge in [-0.15, -0.1) is 0 Å². The van der Waals surface area contributed by atoms with Crippen LogP contribution in [0.1, 0.15) is 5.56 Å². The first-order valence-corrected chi connectivity index (χ1v) is 9.25. The summed E-state index contributed by atoms with van der Waals surface area (Å²) < 4.78 is 37.9. The Morgan fingerprint density at radius 1 is 0.962 bits per heavy atom. The van der Waals surface area contributed by atoms with E-state index in [0.717, 1.165) is 5.56 Å². The standard InChI is InChI=1S/C19H17NO5S/c1-20(19(21)25-13-14-7-3-2-4-8-14)17-11-5-10-16-15(17)9-6-12-18(16)26(22,23)24/h2-12H,13H2,1H3,(H,22,23,24). The molecule has 0 aromatic heterocycles. The average Bonchev–Trinajstić information content (AvgIpc) is 2.64. The number of amides is 1. The molecule has 7 heteroatoms. The second kappa shape index (κ2) is 7.15. The Hall–Kier alpha value is -2.90. The van der Waals surface area contributed by atoms with Gasteiger partial charge in [0, 0.05) is 17.8 Å². The van der Waals surface area contributed by atoms with Crippen molar-refractivity contribution in [3.63, 3.8) is 0 Å². The minimum atomic E-state index is -4.37. The highest BCUT2D eigenvalue weighted by Gasteiger charge is 2.19. The van der Waals surface area contributed by atoms with E-state index in [4.69, 9.17) is 4.74 Å². The summed E-state index contributed by atoms with van der Waals surface area (Å²) in [5.41, 5.74) is 1.34. The maximum Gasteiger partial charge on any atom is 0.414 e. The first-order valence-electron chi connectivity index (χ1n) is 7.81. The molecule has 0 saturated heterocycles. The Labute approximate surface area is 151 Å². The number of ether oxygens (including phenoxy) is 1. The van der Waals surface area contributed by atoms with Crippen LogP contribution in [0.25, 0.3) is 10.8 Å². The summed E-state index contributed by atoms with van der Waals surface area (Å²) in [6.45, 7) is 0.130. The van der Waals surface area contributed by atoms with Crippen molar-refractivity contribution in [3.05, 3.63) is 72.3 Å². The van der Waals surface area contributed by atoms with E-state index in [9.17, 15) is 17.8 Å². The van der Waals surface area contributed by atoms with Crippen molar-refractivity contribution in [1.29, 1.82) is 0 Å². The van der Waals surface area contributed by atoms with Crippen molar-refractivity contribution in [2.75, 3.05) is 11.9 Å². The molecular formula is C19H17NO5S. The lowest BCUT2D eigenvalue weighted by Gasteiger charge is -2.19. The summed E-state index contributed by atoms with van der Waals surface area (Å²) in [5.74, 6) is 0. The van der Waals surface area contributed by atoms with Crippen molar-refractivity contribution in [2.24, 2.45) is 0 Å². The number of nitrogens with zero attached hydrogens (tertiary/aromatic N) is 1. The van der Waals surface area contributed by atoms with Gasteiger partial charge in [-0.25, -0.2) is 4.79 Å². The molecule has 0 radical (unpaired) electrons. The molecule has 0 aliphatic rings. The molecular weight excluding hydrogens is 354 g/mol. The average molecular weight is 371 g/mol. The number of carbonyl (C=O) groups excluding carboxylic acids is 1. The SMILES string of the molecule is CN(C(=O)OCc1ccccc1)c1cccc2c(S(=O)(=O)O)cccc12. The third-order valence-electron chi connectivity index (χ3n) is 3.98.